The molecule has 0 heterocycles. The van der Waals surface area contributed by atoms with Crippen LogP contribution in [0.4, 0.5) is 0 Å². The van der Waals surface area contributed by atoms with E-state index in [1.165, 1.54) is 6.42 Å². The summed E-state index contributed by atoms with van der Waals surface area (Å²) < 4.78 is 0. The van der Waals surface area contributed by atoms with Crippen molar-refractivity contribution in [3.8, 4) is 0 Å². The fourth-order valence-electron chi connectivity index (χ4n) is 0.285. The van der Waals surface area contributed by atoms with E-state index >= 15 is 0 Å². The van der Waals surface area contributed by atoms with Crippen molar-refractivity contribution >= 4 is 6.21 Å². The van der Waals surface area contributed by atoms with Crippen molar-refractivity contribution in [3.63, 3.8) is 0 Å². The third-order valence-electron chi connectivity index (χ3n) is 0.638. The third-order valence-corrected chi connectivity index (χ3v) is 0.638. The lowest BCUT2D eigenvalue weighted by Gasteiger charge is -1.82. The summed E-state index contributed by atoms with van der Waals surface area (Å²) in [5, 5.41) is 3.79. The predicted octanol–water partition coefficient (Wildman–Crippen LogP) is 0.992. The summed E-state index contributed by atoms with van der Waals surface area (Å²) in [5.74, 6) is 0. The monoisotopic (exact) mass is 100 g/mol. The van der Waals surface area contributed by atoms with Gasteiger partial charge in [-0.05, 0) is 6.42 Å². The summed E-state index contributed by atoms with van der Waals surface area (Å²) in [5.41, 5.74) is 2.67. The molecule has 0 saturated heterocycles. The zero-order valence-corrected chi connectivity index (χ0v) is 4.94. The molecular formula is C5H12N2. The quantitative estimate of drug-likeness (QED) is 0.415. The first-order chi connectivity index (χ1) is 3.41. The number of nitrogens with one attached hydrogen (secondary N) is 1. The number of nitrogens with zero attached hydrogens (tertiary/aromatic N) is 1. The maximum atomic E-state index is 3.79. The average molecular weight is 100 g/mol. The Balaban J connectivity index is 2.78. The van der Waals surface area contributed by atoms with Gasteiger partial charge in [0.15, 0.2) is 0 Å². The second-order valence-corrected chi connectivity index (χ2v) is 1.32. The summed E-state index contributed by atoms with van der Waals surface area (Å²) in [4.78, 5) is 0. The average Bonchev–Trinajstić information content (AvgIpc) is 1.69. The molecule has 0 aromatic heterocycles. The van der Waals surface area contributed by atoms with Gasteiger partial charge in [0.05, 0.1) is 0 Å². The Morgan fingerprint density at radius 2 is 2.43 bits per heavy atom. The molecule has 42 valence electrons. The standard InChI is InChI=1S/C5H12N2/c1-3-4-5-7-6-2/h5-6H,3-4H2,1-2H3/b7-5-. The van der Waals surface area contributed by atoms with E-state index in [1.54, 1.807) is 7.05 Å². The highest BCUT2D eigenvalue weighted by Gasteiger charge is 1.68. The SMILES string of the molecule is CCC/C=N\NC. The van der Waals surface area contributed by atoms with Gasteiger partial charge in [-0.25, -0.2) is 0 Å². The highest BCUT2D eigenvalue weighted by molar-refractivity contribution is 5.56. The van der Waals surface area contributed by atoms with Crippen molar-refractivity contribution in [1.29, 1.82) is 0 Å². The summed E-state index contributed by atoms with van der Waals surface area (Å²) >= 11 is 0. The Kier molecular flexibility index (Phi) is 5.06. The lowest BCUT2D eigenvalue weighted by molar-refractivity contribution is 0.889. The van der Waals surface area contributed by atoms with Gasteiger partial charge >= 0.3 is 0 Å². The van der Waals surface area contributed by atoms with Gasteiger partial charge in [0.2, 0.25) is 0 Å². The zero-order chi connectivity index (χ0) is 5.54. The van der Waals surface area contributed by atoms with Crippen molar-refractivity contribution in [2.24, 2.45) is 5.10 Å². The number of hydrogen-bond acceptors (Lipinski definition) is 2. The van der Waals surface area contributed by atoms with E-state index in [2.05, 4.69) is 17.5 Å². The number of unbranched alkanes of at least 4 members (excludes halogenated alkanes) is 1. The lowest BCUT2D eigenvalue weighted by Crippen LogP contribution is -1.92. The molecule has 2 nitrogen and oxygen atoms in total. The molecule has 0 spiro atoms. The van der Waals surface area contributed by atoms with E-state index < -0.39 is 0 Å². The van der Waals surface area contributed by atoms with Gasteiger partial charge in [-0.15, -0.1) is 0 Å². The minimum atomic E-state index is 1.07. The predicted molar refractivity (Wildman–Crippen MR) is 32.5 cm³/mol. The van der Waals surface area contributed by atoms with Crippen LogP contribution in [0, 0.1) is 0 Å². The smallest absolute Gasteiger partial charge is 0.0242 e. The first-order valence-electron chi connectivity index (χ1n) is 2.60. The molecule has 0 unspecified atom stereocenters. The molecule has 0 aliphatic carbocycles. The number of rotatable bonds is 3. The minimum absolute atomic E-state index is 1.07. The Morgan fingerprint density at radius 3 is 2.86 bits per heavy atom. The molecule has 0 saturated carbocycles. The molecular weight excluding hydrogens is 88.1 g/mol. The second-order valence-electron chi connectivity index (χ2n) is 1.32. The second kappa shape index (κ2) is 5.47. The van der Waals surface area contributed by atoms with Crippen molar-refractivity contribution < 1.29 is 0 Å². The van der Waals surface area contributed by atoms with Crippen LogP contribution in [0.2, 0.25) is 0 Å². The minimum Gasteiger partial charge on any atom is -0.313 e. The van der Waals surface area contributed by atoms with Crippen LogP contribution in [0.25, 0.3) is 0 Å². The van der Waals surface area contributed by atoms with Crippen LogP contribution in [-0.2, 0) is 0 Å². The van der Waals surface area contributed by atoms with Crippen molar-refractivity contribution in [1.82, 2.24) is 5.43 Å². The van der Waals surface area contributed by atoms with E-state index in [-0.39, 0.29) is 0 Å². The molecule has 0 aliphatic rings. The largest absolute Gasteiger partial charge is 0.313 e. The molecule has 0 aromatic carbocycles. The van der Waals surface area contributed by atoms with E-state index in [4.69, 9.17) is 0 Å². The number of hydrogen-bond donors (Lipinski definition) is 1. The van der Waals surface area contributed by atoms with Crippen molar-refractivity contribution in [2.75, 3.05) is 7.05 Å². The first kappa shape index (κ1) is 6.47. The van der Waals surface area contributed by atoms with Gasteiger partial charge in [0, 0.05) is 13.3 Å². The van der Waals surface area contributed by atoms with E-state index in [1.807, 2.05) is 6.21 Å². The van der Waals surface area contributed by atoms with Crippen LogP contribution in [0.5, 0.6) is 0 Å². The Hall–Kier alpha value is -0.530. The molecule has 2 heteroatoms. The maximum absolute atomic E-state index is 3.79. The van der Waals surface area contributed by atoms with E-state index in [9.17, 15) is 0 Å². The van der Waals surface area contributed by atoms with Gasteiger partial charge in [-0.1, -0.05) is 13.3 Å². The molecule has 0 atom stereocenters. The summed E-state index contributed by atoms with van der Waals surface area (Å²) in [7, 11) is 1.80. The summed E-state index contributed by atoms with van der Waals surface area (Å²) in [6.07, 6.45) is 4.12. The molecule has 0 bridgehead atoms. The van der Waals surface area contributed by atoms with Crippen LogP contribution in [-0.4, -0.2) is 13.3 Å². The Labute approximate surface area is 44.6 Å². The normalized spacial score (nSPS) is 10.0. The first-order valence-corrected chi connectivity index (χ1v) is 2.60. The summed E-state index contributed by atoms with van der Waals surface area (Å²) in [6, 6.07) is 0. The molecule has 0 fully saturated rings. The molecule has 1 N–H and O–H groups in total. The van der Waals surface area contributed by atoms with Crippen LogP contribution in [0.1, 0.15) is 19.8 Å². The van der Waals surface area contributed by atoms with Gasteiger partial charge < -0.3 is 5.43 Å². The number of hydrazone groups is 1. The van der Waals surface area contributed by atoms with E-state index in [0.717, 1.165) is 6.42 Å². The van der Waals surface area contributed by atoms with Gasteiger partial charge in [0.25, 0.3) is 0 Å². The Bertz CT molecular complexity index is 50.0. The van der Waals surface area contributed by atoms with Crippen LogP contribution >= 0.6 is 0 Å². The highest BCUT2D eigenvalue weighted by atomic mass is 15.3. The van der Waals surface area contributed by atoms with Crippen LogP contribution in [0.3, 0.4) is 0 Å². The molecule has 0 rings (SSSR count). The van der Waals surface area contributed by atoms with Crippen LogP contribution < -0.4 is 5.43 Å². The molecule has 0 radical (unpaired) electrons. The zero-order valence-electron chi connectivity index (χ0n) is 4.94. The lowest BCUT2D eigenvalue weighted by atomic mass is 10.4. The van der Waals surface area contributed by atoms with Crippen molar-refractivity contribution in [2.45, 2.75) is 19.8 Å². The topological polar surface area (TPSA) is 24.4 Å². The summed E-state index contributed by atoms with van der Waals surface area (Å²) in [6.45, 7) is 2.13. The van der Waals surface area contributed by atoms with Gasteiger partial charge in [-0.3, -0.25) is 0 Å². The molecule has 0 amide bonds. The molecule has 0 aromatic rings. The van der Waals surface area contributed by atoms with Crippen LogP contribution in [0.15, 0.2) is 5.10 Å². The van der Waals surface area contributed by atoms with Gasteiger partial charge in [0.1, 0.15) is 0 Å². The van der Waals surface area contributed by atoms with E-state index in [0.29, 0.717) is 0 Å². The third kappa shape index (κ3) is 5.47. The fourth-order valence-corrected chi connectivity index (χ4v) is 0.285. The maximum Gasteiger partial charge on any atom is 0.0242 e. The van der Waals surface area contributed by atoms with Crippen molar-refractivity contribution in [3.05, 3.63) is 0 Å². The Morgan fingerprint density at radius 1 is 1.71 bits per heavy atom. The molecule has 0 aliphatic heterocycles. The molecule has 7 heavy (non-hydrogen) atoms. The van der Waals surface area contributed by atoms with Gasteiger partial charge in [-0.2, -0.15) is 5.10 Å². The highest BCUT2D eigenvalue weighted by Crippen LogP contribution is 1.77. The fraction of sp³-hybridized carbons (Fsp3) is 0.800.